The SMILES string of the molecule is CC(C)CC(C)C(=O)NS(C)(=O)=O. The number of carbonyl (C=O) groups excluding carboxylic acids is 1. The van der Waals surface area contributed by atoms with Crippen LogP contribution in [-0.4, -0.2) is 20.6 Å². The third kappa shape index (κ3) is 6.57. The molecule has 0 aliphatic heterocycles. The number of amides is 1. The van der Waals surface area contributed by atoms with Gasteiger partial charge in [0.05, 0.1) is 6.26 Å². The minimum Gasteiger partial charge on any atom is -0.274 e. The first kappa shape index (κ1) is 12.4. The van der Waals surface area contributed by atoms with Crippen LogP contribution in [0.3, 0.4) is 0 Å². The first-order valence-electron chi connectivity index (χ1n) is 4.24. The van der Waals surface area contributed by atoms with E-state index < -0.39 is 15.9 Å². The van der Waals surface area contributed by atoms with Crippen molar-refractivity contribution in [1.29, 1.82) is 0 Å². The van der Waals surface area contributed by atoms with E-state index in [2.05, 4.69) is 0 Å². The van der Waals surface area contributed by atoms with Crippen molar-refractivity contribution < 1.29 is 13.2 Å². The summed E-state index contributed by atoms with van der Waals surface area (Å²) in [5.74, 6) is -0.286. The Hall–Kier alpha value is -0.580. The maximum Gasteiger partial charge on any atom is 0.236 e. The molecule has 0 aliphatic rings. The molecule has 1 amide bonds. The van der Waals surface area contributed by atoms with Gasteiger partial charge in [0, 0.05) is 5.92 Å². The Morgan fingerprint density at radius 2 is 1.77 bits per heavy atom. The number of hydrogen-bond acceptors (Lipinski definition) is 3. The van der Waals surface area contributed by atoms with E-state index in [1.807, 2.05) is 18.6 Å². The monoisotopic (exact) mass is 207 g/mol. The molecular weight excluding hydrogens is 190 g/mol. The van der Waals surface area contributed by atoms with Gasteiger partial charge in [-0.15, -0.1) is 0 Å². The van der Waals surface area contributed by atoms with Crippen molar-refractivity contribution in [2.45, 2.75) is 27.2 Å². The quantitative estimate of drug-likeness (QED) is 0.739. The van der Waals surface area contributed by atoms with E-state index >= 15 is 0 Å². The molecular formula is C8H17NO3S. The van der Waals surface area contributed by atoms with E-state index in [4.69, 9.17) is 0 Å². The van der Waals surface area contributed by atoms with Crippen molar-refractivity contribution >= 4 is 15.9 Å². The number of hydrogen-bond donors (Lipinski definition) is 1. The zero-order valence-electron chi connectivity index (χ0n) is 8.49. The number of sulfonamides is 1. The smallest absolute Gasteiger partial charge is 0.236 e. The van der Waals surface area contributed by atoms with Crippen molar-refractivity contribution in [3.63, 3.8) is 0 Å². The van der Waals surface area contributed by atoms with E-state index in [-0.39, 0.29) is 5.92 Å². The van der Waals surface area contributed by atoms with Gasteiger partial charge in [0.25, 0.3) is 0 Å². The molecule has 0 saturated heterocycles. The van der Waals surface area contributed by atoms with Crippen LogP contribution in [0.5, 0.6) is 0 Å². The fourth-order valence-corrected chi connectivity index (χ4v) is 1.66. The molecule has 0 fully saturated rings. The molecule has 1 N–H and O–H groups in total. The molecule has 1 atom stereocenters. The third-order valence-corrected chi connectivity index (χ3v) is 2.13. The molecule has 0 radical (unpaired) electrons. The first-order valence-corrected chi connectivity index (χ1v) is 6.13. The molecule has 5 heteroatoms. The average Bonchev–Trinajstić information content (AvgIpc) is 1.81. The van der Waals surface area contributed by atoms with Crippen molar-refractivity contribution in [3.8, 4) is 0 Å². The molecule has 1 unspecified atom stereocenters. The lowest BCUT2D eigenvalue weighted by molar-refractivity contribution is -0.123. The fraction of sp³-hybridized carbons (Fsp3) is 0.875. The summed E-state index contributed by atoms with van der Waals surface area (Å²) in [6, 6.07) is 0. The minimum absolute atomic E-state index is 0.255. The van der Waals surface area contributed by atoms with E-state index in [0.717, 1.165) is 6.26 Å². The summed E-state index contributed by atoms with van der Waals surface area (Å²) in [5, 5.41) is 0. The number of carbonyl (C=O) groups is 1. The second-order valence-corrected chi connectivity index (χ2v) is 5.52. The van der Waals surface area contributed by atoms with Gasteiger partial charge in [-0.2, -0.15) is 0 Å². The lowest BCUT2D eigenvalue weighted by atomic mass is 9.99. The van der Waals surface area contributed by atoms with Gasteiger partial charge in [-0.25, -0.2) is 8.42 Å². The Kier molecular flexibility index (Phi) is 4.39. The average molecular weight is 207 g/mol. The van der Waals surface area contributed by atoms with Gasteiger partial charge in [0.1, 0.15) is 0 Å². The summed E-state index contributed by atoms with van der Waals surface area (Å²) >= 11 is 0. The Balaban J connectivity index is 4.13. The van der Waals surface area contributed by atoms with Gasteiger partial charge >= 0.3 is 0 Å². The Morgan fingerprint density at radius 1 is 1.31 bits per heavy atom. The van der Waals surface area contributed by atoms with Crippen LogP contribution >= 0.6 is 0 Å². The molecule has 4 nitrogen and oxygen atoms in total. The molecule has 0 bridgehead atoms. The van der Waals surface area contributed by atoms with Crippen LogP contribution in [0.2, 0.25) is 0 Å². The molecule has 78 valence electrons. The molecule has 0 aromatic carbocycles. The van der Waals surface area contributed by atoms with Crippen LogP contribution < -0.4 is 4.72 Å². The van der Waals surface area contributed by atoms with E-state index in [1.54, 1.807) is 6.92 Å². The van der Waals surface area contributed by atoms with Gasteiger partial charge in [0.2, 0.25) is 15.9 Å². The summed E-state index contributed by atoms with van der Waals surface area (Å²) in [7, 11) is -3.40. The maximum absolute atomic E-state index is 11.2. The lowest BCUT2D eigenvalue weighted by Crippen LogP contribution is -2.34. The van der Waals surface area contributed by atoms with Crippen LogP contribution in [0.1, 0.15) is 27.2 Å². The molecule has 0 saturated carbocycles. The van der Waals surface area contributed by atoms with Crippen LogP contribution in [0.15, 0.2) is 0 Å². The van der Waals surface area contributed by atoms with Gasteiger partial charge in [-0.05, 0) is 12.3 Å². The summed E-state index contributed by atoms with van der Waals surface area (Å²) in [6.07, 6.45) is 1.67. The summed E-state index contributed by atoms with van der Waals surface area (Å²) in [5.41, 5.74) is 0. The summed E-state index contributed by atoms with van der Waals surface area (Å²) in [6.45, 7) is 5.70. The molecule has 13 heavy (non-hydrogen) atoms. The number of nitrogens with one attached hydrogen (secondary N) is 1. The normalized spacial score (nSPS) is 14.2. The first-order chi connectivity index (χ1) is 5.72. The zero-order valence-corrected chi connectivity index (χ0v) is 9.31. The summed E-state index contributed by atoms with van der Waals surface area (Å²) in [4.78, 5) is 11.2. The fourth-order valence-electron chi connectivity index (χ4n) is 1.10. The van der Waals surface area contributed by atoms with Gasteiger partial charge in [-0.1, -0.05) is 20.8 Å². The van der Waals surface area contributed by atoms with Crippen molar-refractivity contribution in [3.05, 3.63) is 0 Å². The predicted octanol–water partition coefficient (Wildman–Crippen LogP) is 0.744. The highest BCUT2D eigenvalue weighted by Gasteiger charge is 2.17. The zero-order chi connectivity index (χ0) is 10.6. The van der Waals surface area contributed by atoms with Gasteiger partial charge < -0.3 is 0 Å². The van der Waals surface area contributed by atoms with Crippen LogP contribution in [-0.2, 0) is 14.8 Å². The molecule has 0 heterocycles. The van der Waals surface area contributed by atoms with Crippen LogP contribution in [0, 0.1) is 11.8 Å². The molecule has 0 aromatic rings. The van der Waals surface area contributed by atoms with Gasteiger partial charge in [0.15, 0.2) is 0 Å². The number of rotatable bonds is 4. The highest BCUT2D eigenvalue weighted by molar-refractivity contribution is 7.89. The highest BCUT2D eigenvalue weighted by Crippen LogP contribution is 2.10. The molecule has 0 rings (SSSR count). The Bertz CT molecular complexity index is 269. The topological polar surface area (TPSA) is 63.2 Å². The molecule has 0 aromatic heterocycles. The molecule has 0 spiro atoms. The van der Waals surface area contributed by atoms with Crippen molar-refractivity contribution in [2.24, 2.45) is 11.8 Å². The van der Waals surface area contributed by atoms with Gasteiger partial charge in [-0.3, -0.25) is 9.52 Å². The van der Waals surface area contributed by atoms with Crippen LogP contribution in [0.4, 0.5) is 0 Å². The predicted molar refractivity (Wildman–Crippen MR) is 51.6 cm³/mol. The minimum atomic E-state index is -3.40. The third-order valence-electron chi connectivity index (χ3n) is 1.56. The maximum atomic E-state index is 11.2. The Labute approximate surface area is 79.8 Å². The van der Waals surface area contributed by atoms with Crippen LogP contribution in [0.25, 0.3) is 0 Å². The van der Waals surface area contributed by atoms with E-state index in [1.165, 1.54) is 0 Å². The second-order valence-electron chi connectivity index (χ2n) is 3.77. The second kappa shape index (κ2) is 4.60. The van der Waals surface area contributed by atoms with Crippen molar-refractivity contribution in [1.82, 2.24) is 4.72 Å². The van der Waals surface area contributed by atoms with Crippen molar-refractivity contribution in [2.75, 3.05) is 6.26 Å². The molecule has 0 aliphatic carbocycles. The van der Waals surface area contributed by atoms with E-state index in [0.29, 0.717) is 12.3 Å². The van der Waals surface area contributed by atoms with E-state index in [9.17, 15) is 13.2 Å². The standard InChI is InChI=1S/C8H17NO3S/c1-6(2)5-7(3)8(10)9-13(4,11)12/h6-7H,5H2,1-4H3,(H,9,10). The highest BCUT2D eigenvalue weighted by atomic mass is 32.2. The largest absolute Gasteiger partial charge is 0.274 e. The summed E-state index contributed by atoms with van der Waals surface area (Å²) < 4.78 is 23.4. The lowest BCUT2D eigenvalue weighted by Gasteiger charge is -2.12. The Morgan fingerprint density at radius 3 is 2.08 bits per heavy atom.